The quantitative estimate of drug-likeness (QED) is 0.525. The van der Waals surface area contributed by atoms with Crippen LogP contribution in [0.15, 0.2) is 42.7 Å². The Balaban J connectivity index is 1.69. The van der Waals surface area contributed by atoms with Gasteiger partial charge in [0.05, 0.1) is 5.69 Å². The number of thiazole rings is 1. The molecule has 28 heavy (non-hydrogen) atoms. The highest BCUT2D eigenvalue weighted by molar-refractivity contribution is 7.17. The number of carbonyl (C=O) groups excluding carboxylic acids is 1. The van der Waals surface area contributed by atoms with Crippen LogP contribution in [0.3, 0.4) is 0 Å². The van der Waals surface area contributed by atoms with E-state index >= 15 is 0 Å². The molecule has 0 aliphatic rings. The number of amides is 1. The standard InChI is InChI=1S/C20H16F2N4OS/c1-3-26-10-14(13-5-4-8-23-18(13)26)20-24-11(2)17(28-20)19(27)25-12-6-7-15(21)16(22)9-12/h4-10H,3H2,1-2H3,(H,25,27). The summed E-state index contributed by atoms with van der Waals surface area (Å²) in [7, 11) is 0. The molecule has 0 aliphatic heterocycles. The summed E-state index contributed by atoms with van der Waals surface area (Å²) in [5, 5.41) is 4.26. The molecule has 0 bridgehead atoms. The van der Waals surface area contributed by atoms with Crippen molar-refractivity contribution in [1.29, 1.82) is 0 Å². The predicted octanol–water partition coefficient (Wildman–Crippen LogP) is 5.02. The van der Waals surface area contributed by atoms with Crippen LogP contribution in [0.4, 0.5) is 14.5 Å². The third-order valence-corrected chi connectivity index (χ3v) is 5.57. The van der Waals surface area contributed by atoms with E-state index < -0.39 is 17.5 Å². The van der Waals surface area contributed by atoms with Crippen LogP contribution < -0.4 is 5.32 Å². The van der Waals surface area contributed by atoms with Gasteiger partial charge in [0.25, 0.3) is 5.91 Å². The molecular weight excluding hydrogens is 382 g/mol. The molecule has 0 spiro atoms. The Bertz CT molecular complexity index is 1200. The molecule has 4 rings (SSSR count). The van der Waals surface area contributed by atoms with Crippen LogP contribution in [0.5, 0.6) is 0 Å². The van der Waals surface area contributed by atoms with E-state index in [4.69, 9.17) is 0 Å². The van der Waals surface area contributed by atoms with Crippen LogP contribution in [0.1, 0.15) is 22.3 Å². The molecule has 142 valence electrons. The molecule has 1 N–H and O–H groups in total. The molecule has 0 fully saturated rings. The molecule has 5 nitrogen and oxygen atoms in total. The van der Waals surface area contributed by atoms with Gasteiger partial charge in [-0.15, -0.1) is 11.3 Å². The van der Waals surface area contributed by atoms with Crippen LogP contribution in [0.2, 0.25) is 0 Å². The molecule has 3 aromatic heterocycles. The number of pyridine rings is 1. The molecule has 0 unspecified atom stereocenters. The highest BCUT2D eigenvalue weighted by atomic mass is 32.1. The average Bonchev–Trinajstić information content (AvgIpc) is 3.25. The van der Waals surface area contributed by atoms with Gasteiger partial charge in [0.2, 0.25) is 0 Å². The zero-order valence-corrected chi connectivity index (χ0v) is 16.0. The number of aromatic nitrogens is 3. The third-order valence-electron chi connectivity index (χ3n) is 4.39. The SMILES string of the molecule is CCn1cc(-c2nc(C)c(C(=O)Nc3ccc(F)c(F)c3)s2)c2cccnc21. The van der Waals surface area contributed by atoms with Crippen molar-refractivity contribution in [2.24, 2.45) is 0 Å². The van der Waals surface area contributed by atoms with Crippen LogP contribution in [-0.4, -0.2) is 20.4 Å². The van der Waals surface area contributed by atoms with Crippen LogP contribution in [0.25, 0.3) is 21.6 Å². The zero-order valence-electron chi connectivity index (χ0n) is 15.2. The second-order valence-electron chi connectivity index (χ2n) is 6.22. The first kappa shape index (κ1) is 18.2. The van der Waals surface area contributed by atoms with Crippen molar-refractivity contribution in [2.75, 3.05) is 5.32 Å². The van der Waals surface area contributed by atoms with E-state index in [1.54, 1.807) is 13.1 Å². The van der Waals surface area contributed by atoms with E-state index in [2.05, 4.69) is 15.3 Å². The van der Waals surface area contributed by atoms with Crippen LogP contribution >= 0.6 is 11.3 Å². The number of rotatable bonds is 4. The number of hydrogen-bond acceptors (Lipinski definition) is 4. The predicted molar refractivity (Wildman–Crippen MR) is 106 cm³/mol. The second-order valence-corrected chi connectivity index (χ2v) is 7.22. The summed E-state index contributed by atoms with van der Waals surface area (Å²) in [6.45, 7) is 4.55. The Morgan fingerprint density at radius 2 is 2.07 bits per heavy atom. The lowest BCUT2D eigenvalue weighted by molar-refractivity contribution is 0.103. The van der Waals surface area contributed by atoms with Gasteiger partial charge in [0, 0.05) is 41.6 Å². The molecule has 4 aromatic rings. The summed E-state index contributed by atoms with van der Waals surface area (Å²) >= 11 is 1.25. The maximum atomic E-state index is 13.4. The van der Waals surface area contributed by atoms with Gasteiger partial charge in [-0.2, -0.15) is 0 Å². The van der Waals surface area contributed by atoms with Crippen molar-refractivity contribution in [3.8, 4) is 10.6 Å². The molecule has 0 saturated carbocycles. The Morgan fingerprint density at radius 3 is 2.82 bits per heavy atom. The molecule has 0 atom stereocenters. The van der Waals surface area contributed by atoms with Gasteiger partial charge < -0.3 is 9.88 Å². The summed E-state index contributed by atoms with van der Waals surface area (Å²) < 4.78 is 28.5. The smallest absolute Gasteiger partial charge is 0.267 e. The summed E-state index contributed by atoms with van der Waals surface area (Å²) in [5.74, 6) is -2.39. The zero-order chi connectivity index (χ0) is 19.8. The van der Waals surface area contributed by atoms with Crippen LogP contribution in [-0.2, 0) is 6.54 Å². The molecule has 0 radical (unpaired) electrons. The van der Waals surface area contributed by atoms with Crippen molar-refractivity contribution in [1.82, 2.24) is 14.5 Å². The third kappa shape index (κ3) is 3.16. The van der Waals surface area contributed by atoms with E-state index in [1.165, 1.54) is 17.4 Å². The van der Waals surface area contributed by atoms with Crippen molar-refractivity contribution in [2.45, 2.75) is 20.4 Å². The van der Waals surface area contributed by atoms with E-state index in [0.29, 0.717) is 15.6 Å². The maximum Gasteiger partial charge on any atom is 0.267 e. The Morgan fingerprint density at radius 1 is 1.25 bits per heavy atom. The molecule has 1 amide bonds. The Hall–Kier alpha value is -3.13. The second kappa shape index (κ2) is 7.12. The number of hydrogen-bond donors (Lipinski definition) is 1. The molecule has 1 aromatic carbocycles. The summed E-state index contributed by atoms with van der Waals surface area (Å²) in [6, 6.07) is 7.08. The summed E-state index contributed by atoms with van der Waals surface area (Å²) in [6.07, 6.45) is 3.72. The number of carbonyl (C=O) groups is 1. The minimum atomic E-state index is -1.01. The first-order valence-corrected chi connectivity index (χ1v) is 9.47. The number of nitrogens with one attached hydrogen (secondary N) is 1. The van der Waals surface area contributed by atoms with Crippen molar-refractivity contribution >= 4 is 34.0 Å². The fourth-order valence-electron chi connectivity index (χ4n) is 3.02. The lowest BCUT2D eigenvalue weighted by Crippen LogP contribution is -2.11. The largest absolute Gasteiger partial charge is 0.332 e. The molecular formula is C20H16F2N4OS. The minimum Gasteiger partial charge on any atom is -0.332 e. The van der Waals surface area contributed by atoms with Gasteiger partial charge in [-0.3, -0.25) is 4.79 Å². The summed E-state index contributed by atoms with van der Waals surface area (Å²) in [4.78, 5) is 22.0. The lowest BCUT2D eigenvalue weighted by atomic mass is 10.2. The van der Waals surface area contributed by atoms with Gasteiger partial charge in [-0.1, -0.05) is 0 Å². The van der Waals surface area contributed by atoms with E-state index in [1.807, 2.05) is 29.8 Å². The summed E-state index contributed by atoms with van der Waals surface area (Å²) in [5.41, 5.74) is 2.52. The number of benzene rings is 1. The van der Waals surface area contributed by atoms with E-state index in [9.17, 15) is 13.6 Å². The van der Waals surface area contributed by atoms with E-state index in [-0.39, 0.29) is 5.69 Å². The number of nitrogens with zero attached hydrogens (tertiary/aromatic N) is 3. The number of fused-ring (bicyclic) bond motifs is 1. The number of anilines is 1. The Kier molecular flexibility index (Phi) is 4.64. The highest BCUT2D eigenvalue weighted by Crippen LogP contribution is 2.34. The maximum absolute atomic E-state index is 13.4. The average molecular weight is 398 g/mol. The fraction of sp³-hybridized carbons (Fsp3) is 0.150. The van der Waals surface area contributed by atoms with Crippen molar-refractivity contribution in [3.05, 3.63) is 64.9 Å². The normalized spacial score (nSPS) is 11.1. The van der Waals surface area contributed by atoms with Crippen molar-refractivity contribution < 1.29 is 13.6 Å². The van der Waals surface area contributed by atoms with Gasteiger partial charge >= 0.3 is 0 Å². The van der Waals surface area contributed by atoms with Gasteiger partial charge in [-0.25, -0.2) is 18.7 Å². The van der Waals surface area contributed by atoms with Gasteiger partial charge in [-0.05, 0) is 38.1 Å². The number of aryl methyl sites for hydroxylation is 2. The first-order chi connectivity index (χ1) is 13.5. The monoisotopic (exact) mass is 398 g/mol. The Labute approximate surface area is 163 Å². The number of halogens is 2. The van der Waals surface area contributed by atoms with E-state index in [0.717, 1.165) is 35.3 Å². The molecule has 3 heterocycles. The van der Waals surface area contributed by atoms with Crippen LogP contribution in [0, 0.1) is 18.6 Å². The van der Waals surface area contributed by atoms with Gasteiger partial charge in [0.15, 0.2) is 11.6 Å². The highest BCUT2D eigenvalue weighted by Gasteiger charge is 2.20. The first-order valence-electron chi connectivity index (χ1n) is 8.66. The van der Waals surface area contributed by atoms with Gasteiger partial charge in [0.1, 0.15) is 15.5 Å². The fourth-order valence-corrected chi connectivity index (χ4v) is 4.00. The van der Waals surface area contributed by atoms with Crippen molar-refractivity contribution in [3.63, 3.8) is 0 Å². The molecule has 8 heteroatoms. The lowest BCUT2D eigenvalue weighted by Gasteiger charge is -2.04. The molecule has 0 aliphatic carbocycles. The molecule has 0 saturated heterocycles. The minimum absolute atomic E-state index is 0.185. The topological polar surface area (TPSA) is 59.8 Å².